The molecule has 0 bridgehead atoms. The second-order valence-corrected chi connectivity index (χ2v) is 2.33. The third-order valence-corrected chi connectivity index (χ3v) is 1.48. The van der Waals surface area contributed by atoms with E-state index in [1.54, 1.807) is 0 Å². The fourth-order valence-corrected chi connectivity index (χ4v) is 0.880. The highest BCUT2D eigenvalue weighted by Crippen LogP contribution is 2.19. The molecule has 0 saturated carbocycles. The van der Waals surface area contributed by atoms with Gasteiger partial charge in [0.1, 0.15) is 0 Å². The van der Waals surface area contributed by atoms with Gasteiger partial charge in [-0.3, -0.25) is 0 Å². The van der Waals surface area contributed by atoms with Gasteiger partial charge in [-0.25, -0.2) is 17.6 Å². The Bertz CT molecular complexity index is 350. The molecule has 1 rings (SSSR count). The van der Waals surface area contributed by atoms with Gasteiger partial charge in [0.2, 0.25) is 0 Å². The molecule has 0 fully saturated rings. The van der Waals surface area contributed by atoms with Crippen molar-refractivity contribution >= 4 is 0 Å². The highest BCUT2D eigenvalue weighted by Gasteiger charge is 2.17. The van der Waals surface area contributed by atoms with E-state index in [1.807, 2.05) is 5.92 Å². The molecular weight excluding hydrogens is 184 g/mol. The lowest BCUT2D eigenvalue weighted by Gasteiger charge is -2.02. The minimum absolute atomic E-state index is 0.144. The molecule has 0 heterocycles. The molecular formula is C9H4F4. The summed E-state index contributed by atoms with van der Waals surface area (Å²) in [6.45, 7) is 0. The SMILES string of the molecule is C#CCc1c(F)c(F)cc(F)c1F. The van der Waals surface area contributed by atoms with Gasteiger partial charge in [0.15, 0.2) is 23.3 Å². The van der Waals surface area contributed by atoms with Crippen LogP contribution in [0, 0.1) is 35.6 Å². The van der Waals surface area contributed by atoms with Crippen LogP contribution < -0.4 is 0 Å². The van der Waals surface area contributed by atoms with Crippen molar-refractivity contribution in [2.24, 2.45) is 0 Å². The fourth-order valence-electron chi connectivity index (χ4n) is 0.880. The highest BCUT2D eigenvalue weighted by molar-refractivity contribution is 5.25. The van der Waals surface area contributed by atoms with E-state index in [9.17, 15) is 17.6 Å². The van der Waals surface area contributed by atoms with Crippen LogP contribution in [0.25, 0.3) is 0 Å². The molecule has 0 saturated heterocycles. The van der Waals surface area contributed by atoms with Crippen LogP contribution in [0.3, 0.4) is 0 Å². The van der Waals surface area contributed by atoms with Crippen LogP contribution in [0.2, 0.25) is 0 Å². The van der Waals surface area contributed by atoms with Crippen molar-refractivity contribution < 1.29 is 17.6 Å². The molecule has 0 N–H and O–H groups in total. The molecule has 0 aliphatic carbocycles. The molecule has 13 heavy (non-hydrogen) atoms. The van der Waals surface area contributed by atoms with Gasteiger partial charge in [0, 0.05) is 18.1 Å². The van der Waals surface area contributed by atoms with Gasteiger partial charge in [-0.05, 0) is 0 Å². The Labute approximate surface area is 72.2 Å². The van der Waals surface area contributed by atoms with Crippen molar-refractivity contribution in [3.8, 4) is 12.3 Å². The molecule has 0 amide bonds. The van der Waals surface area contributed by atoms with E-state index in [4.69, 9.17) is 6.42 Å². The number of hydrogen-bond acceptors (Lipinski definition) is 0. The van der Waals surface area contributed by atoms with Crippen LogP contribution >= 0.6 is 0 Å². The van der Waals surface area contributed by atoms with Crippen LogP contribution in [0.5, 0.6) is 0 Å². The number of hydrogen-bond donors (Lipinski definition) is 0. The first-order valence-corrected chi connectivity index (χ1v) is 3.33. The molecule has 0 atom stereocenters. The van der Waals surface area contributed by atoms with E-state index in [2.05, 4.69) is 0 Å². The van der Waals surface area contributed by atoms with E-state index in [1.165, 1.54) is 0 Å². The summed E-state index contributed by atoms with van der Waals surface area (Å²) in [5, 5.41) is 0. The highest BCUT2D eigenvalue weighted by atomic mass is 19.2. The van der Waals surface area contributed by atoms with Crippen LogP contribution in [0.1, 0.15) is 5.56 Å². The smallest absolute Gasteiger partial charge is 0.166 e. The van der Waals surface area contributed by atoms with E-state index in [0.29, 0.717) is 0 Å². The summed E-state index contributed by atoms with van der Waals surface area (Å²) in [5.74, 6) is -3.84. The molecule has 4 heteroatoms. The van der Waals surface area contributed by atoms with E-state index in [0.717, 1.165) is 0 Å². The van der Waals surface area contributed by atoms with Gasteiger partial charge in [-0.15, -0.1) is 12.3 Å². The molecule has 0 spiro atoms. The topological polar surface area (TPSA) is 0 Å². The summed E-state index contributed by atoms with van der Waals surface area (Å²) in [7, 11) is 0. The third-order valence-electron chi connectivity index (χ3n) is 1.48. The molecule has 0 aromatic heterocycles. The maximum Gasteiger partial charge on any atom is 0.166 e. The predicted octanol–water partition coefficient (Wildman–Crippen LogP) is 2.42. The normalized spacial score (nSPS) is 9.77. The monoisotopic (exact) mass is 188 g/mol. The van der Waals surface area contributed by atoms with Crippen LogP contribution in [-0.4, -0.2) is 0 Å². The fraction of sp³-hybridized carbons (Fsp3) is 0.111. The van der Waals surface area contributed by atoms with Gasteiger partial charge in [0.05, 0.1) is 0 Å². The zero-order valence-electron chi connectivity index (χ0n) is 6.37. The Morgan fingerprint density at radius 2 is 1.54 bits per heavy atom. The van der Waals surface area contributed by atoms with Crippen LogP contribution in [-0.2, 0) is 6.42 Å². The Balaban J connectivity index is 3.39. The van der Waals surface area contributed by atoms with Crippen molar-refractivity contribution in [3.05, 3.63) is 34.9 Å². The first kappa shape index (κ1) is 9.59. The maximum atomic E-state index is 12.8. The van der Waals surface area contributed by atoms with Crippen molar-refractivity contribution in [2.75, 3.05) is 0 Å². The van der Waals surface area contributed by atoms with E-state index >= 15 is 0 Å². The molecule has 0 aliphatic rings. The zero-order valence-corrected chi connectivity index (χ0v) is 6.37. The predicted molar refractivity (Wildman–Crippen MR) is 38.8 cm³/mol. The number of benzene rings is 1. The largest absolute Gasteiger partial charge is 0.204 e. The van der Waals surface area contributed by atoms with Crippen LogP contribution in [0.4, 0.5) is 17.6 Å². The quantitative estimate of drug-likeness (QED) is 0.360. The summed E-state index contributed by atoms with van der Waals surface area (Å²) in [4.78, 5) is 0. The van der Waals surface area contributed by atoms with Crippen molar-refractivity contribution in [2.45, 2.75) is 6.42 Å². The second kappa shape index (κ2) is 3.48. The van der Waals surface area contributed by atoms with Crippen LogP contribution in [0.15, 0.2) is 6.07 Å². The number of terminal acetylenes is 1. The lowest BCUT2D eigenvalue weighted by molar-refractivity contribution is 0.442. The van der Waals surface area contributed by atoms with Gasteiger partial charge >= 0.3 is 0 Å². The molecule has 1 aromatic rings. The standard InChI is InChI=1S/C9H4F4/c1-2-3-5-8(12)6(10)4-7(11)9(5)13/h1,4H,3H2. The Morgan fingerprint density at radius 1 is 1.08 bits per heavy atom. The lowest BCUT2D eigenvalue weighted by atomic mass is 10.1. The average Bonchev–Trinajstić information content (AvgIpc) is 2.09. The van der Waals surface area contributed by atoms with Gasteiger partial charge in [0.25, 0.3) is 0 Å². The molecule has 68 valence electrons. The first-order valence-electron chi connectivity index (χ1n) is 3.33. The average molecular weight is 188 g/mol. The number of halogens is 4. The van der Waals surface area contributed by atoms with Crippen molar-refractivity contribution in [1.82, 2.24) is 0 Å². The summed E-state index contributed by atoms with van der Waals surface area (Å²) < 4.78 is 50.5. The molecule has 1 aromatic carbocycles. The Kier molecular flexibility index (Phi) is 2.57. The van der Waals surface area contributed by atoms with Gasteiger partial charge < -0.3 is 0 Å². The first-order chi connectivity index (χ1) is 6.07. The third kappa shape index (κ3) is 1.64. The van der Waals surface area contributed by atoms with E-state index in [-0.39, 0.29) is 6.07 Å². The Hall–Kier alpha value is -1.50. The molecule has 0 unspecified atom stereocenters. The van der Waals surface area contributed by atoms with Crippen molar-refractivity contribution in [3.63, 3.8) is 0 Å². The second-order valence-electron chi connectivity index (χ2n) is 2.33. The minimum atomic E-state index is -1.44. The number of rotatable bonds is 1. The minimum Gasteiger partial charge on any atom is -0.204 e. The maximum absolute atomic E-state index is 12.8. The zero-order chi connectivity index (χ0) is 10.0. The molecule has 0 nitrogen and oxygen atoms in total. The summed E-state index contributed by atoms with van der Waals surface area (Å²) >= 11 is 0. The van der Waals surface area contributed by atoms with Gasteiger partial charge in [-0.2, -0.15) is 0 Å². The molecule has 0 radical (unpaired) electrons. The Morgan fingerprint density at radius 3 is 1.92 bits per heavy atom. The summed E-state index contributed by atoms with van der Waals surface area (Å²) in [6.07, 6.45) is 4.29. The summed E-state index contributed by atoms with van der Waals surface area (Å²) in [6, 6.07) is 0.144. The molecule has 0 aliphatic heterocycles. The summed E-state index contributed by atoms with van der Waals surface area (Å²) in [5.41, 5.74) is -0.750. The van der Waals surface area contributed by atoms with E-state index < -0.39 is 35.3 Å². The van der Waals surface area contributed by atoms with Gasteiger partial charge in [-0.1, -0.05) is 0 Å². The van der Waals surface area contributed by atoms with Crippen molar-refractivity contribution in [1.29, 1.82) is 0 Å². The lowest BCUT2D eigenvalue weighted by Crippen LogP contribution is -2.01.